The number of nitrogens with zero attached hydrogens (tertiary/aromatic N) is 2. The standard InChI is InChI=1S/C17H20N4O/c22-17(15-10-14(15)12-4-2-1-3-5-12)19-16-7-9-21(20-16)13-6-8-18-11-13/h1-5,7,9,13-15,18H,6,8,10-11H2,(H,19,20,22)/t13-,14+,15+/m1/s1. The van der Waals surface area contributed by atoms with Crippen LogP contribution in [0.4, 0.5) is 5.82 Å². The van der Waals surface area contributed by atoms with Gasteiger partial charge in [0.2, 0.25) is 5.91 Å². The fourth-order valence-electron chi connectivity index (χ4n) is 3.25. The van der Waals surface area contributed by atoms with Crippen molar-refractivity contribution in [3.05, 3.63) is 48.2 Å². The van der Waals surface area contributed by atoms with E-state index in [0.29, 0.717) is 17.8 Å². The molecule has 5 nitrogen and oxygen atoms in total. The molecule has 4 rings (SSSR count). The van der Waals surface area contributed by atoms with E-state index in [9.17, 15) is 4.79 Å². The predicted molar refractivity (Wildman–Crippen MR) is 84.7 cm³/mol. The zero-order valence-electron chi connectivity index (χ0n) is 12.4. The van der Waals surface area contributed by atoms with Gasteiger partial charge in [0.25, 0.3) is 0 Å². The first-order valence-corrected chi connectivity index (χ1v) is 7.93. The van der Waals surface area contributed by atoms with Crippen LogP contribution >= 0.6 is 0 Å². The second-order valence-electron chi connectivity index (χ2n) is 6.18. The zero-order valence-corrected chi connectivity index (χ0v) is 12.4. The van der Waals surface area contributed by atoms with Crippen molar-refractivity contribution >= 4 is 11.7 Å². The van der Waals surface area contributed by atoms with Crippen LogP contribution in [0.1, 0.15) is 30.4 Å². The van der Waals surface area contributed by atoms with Gasteiger partial charge in [-0.25, -0.2) is 0 Å². The molecule has 0 bridgehead atoms. The lowest BCUT2D eigenvalue weighted by molar-refractivity contribution is -0.117. The molecule has 2 fully saturated rings. The van der Waals surface area contributed by atoms with Crippen LogP contribution in [0.15, 0.2) is 42.6 Å². The van der Waals surface area contributed by atoms with Gasteiger partial charge in [-0.3, -0.25) is 9.48 Å². The summed E-state index contributed by atoms with van der Waals surface area (Å²) in [6, 6.07) is 12.5. The molecule has 1 saturated heterocycles. The number of hydrogen-bond donors (Lipinski definition) is 2. The number of aromatic nitrogens is 2. The molecule has 2 aromatic rings. The van der Waals surface area contributed by atoms with Gasteiger partial charge < -0.3 is 10.6 Å². The molecule has 0 unspecified atom stereocenters. The molecule has 0 spiro atoms. The number of nitrogens with one attached hydrogen (secondary N) is 2. The highest BCUT2D eigenvalue weighted by Crippen LogP contribution is 2.47. The average Bonchev–Trinajstić information content (AvgIpc) is 2.95. The molecule has 0 radical (unpaired) electrons. The summed E-state index contributed by atoms with van der Waals surface area (Å²) < 4.78 is 1.96. The molecule has 1 saturated carbocycles. The van der Waals surface area contributed by atoms with Gasteiger partial charge in [-0.2, -0.15) is 5.10 Å². The van der Waals surface area contributed by atoms with Gasteiger partial charge in [0.15, 0.2) is 5.82 Å². The van der Waals surface area contributed by atoms with E-state index < -0.39 is 0 Å². The Hall–Kier alpha value is -2.14. The minimum Gasteiger partial charge on any atom is -0.315 e. The lowest BCUT2D eigenvalue weighted by atomic mass is 10.1. The highest BCUT2D eigenvalue weighted by atomic mass is 16.2. The molecule has 5 heteroatoms. The third-order valence-corrected chi connectivity index (χ3v) is 4.62. The summed E-state index contributed by atoms with van der Waals surface area (Å²) in [6.07, 6.45) is 3.98. The number of benzene rings is 1. The van der Waals surface area contributed by atoms with Crippen molar-refractivity contribution in [2.75, 3.05) is 18.4 Å². The Kier molecular flexibility index (Phi) is 3.42. The van der Waals surface area contributed by atoms with Crippen molar-refractivity contribution in [1.82, 2.24) is 15.1 Å². The molecular formula is C17H20N4O. The summed E-state index contributed by atoms with van der Waals surface area (Å²) >= 11 is 0. The molecule has 2 heterocycles. The van der Waals surface area contributed by atoms with Gasteiger partial charge in [-0.1, -0.05) is 30.3 Å². The second-order valence-corrected chi connectivity index (χ2v) is 6.18. The number of rotatable bonds is 4. The summed E-state index contributed by atoms with van der Waals surface area (Å²) in [5.74, 6) is 1.20. The van der Waals surface area contributed by atoms with Gasteiger partial charge in [-0.15, -0.1) is 0 Å². The molecule has 1 aliphatic heterocycles. The zero-order chi connectivity index (χ0) is 14.9. The van der Waals surface area contributed by atoms with Crippen molar-refractivity contribution in [2.45, 2.75) is 24.8 Å². The molecule has 114 valence electrons. The largest absolute Gasteiger partial charge is 0.315 e. The van der Waals surface area contributed by atoms with E-state index in [1.807, 2.05) is 35.1 Å². The van der Waals surface area contributed by atoms with E-state index in [2.05, 4.69) is 27.9 Å². The minimum atomic E-state index is 0.0840. The van der Waals surface area contributed by atoms with Crippen LogP contribution in [0, 0.1) is 5.92 Å². The Labute approximate surface area is 129 Å². The van der Waals surface area contributed by atoms with E-state index >= 15 is 0 Å². The molecule has 2 aliphatic rings. The fourth-order valence-corrected chi connectivity index (χ4v) is 3.25. The maximum atomic E-state index is 12.3. The minimum absolute atomic E-state index is 0.0840. The molecular weight excluding hydrogens is 276 g/mol. The van der Waals surface area contributed by atoms with E-state index in [1.54, 1.807) is 0 Å². The summed E-state index contributed by atoms with van der Waals surface area (Å²) in [5.41, 5.74) is 1.25. The van der Waals surface area contributed by atoms with E-state index in [1.165, 1.54) is 5.56 Å². The number of amides is 1. The third kappa shape index (κ3) is 2.64. The van der Waals surface area contributed by atoms with Crippen LogP contribution in [0.25, 0.3) is 0 Å². The number of anilines is 1. The first kappa shape index (κ1) is 13.5. The molecule has 2 N–H and O–H groups in total. The van der Waals surface area contributed by atoms with Crippen molar-refractivity contribution in [2.24, 2.45) is 5.92 Å². The molecule has 1 aromatic heterocycles. The van der Waals surface area contributed by atoms with E-state index in [4.69, 9.17) is 0 Å². The summed E-state index contributed by atoms with van der Waals surface area (Å²) in [5, 5.41) is 10.8. The monoisotopic (exact) mass is 296 g/mol. The molecule has 1 aromatic carbocycles. The summed E-state index contributed by atoms with van der Waals surface area (Å²) in [4.78, 5) is 12.3. The first-order chi connectivity index (χ1) is 10.8. The lowest BCUT2D eigenvalue weighted by Crippen LogP contribution is -2.17. The van der Waals surface area contributed by atoms with E-state index in [-0.39, 0.29) is 11.8 Å². The molecule has 3 atom stereocenters. The van der Waals surface area contributed by atoms with Gasteiger partial charge in [0.1, 0.15) is 0 Å². The average molecular weight is 296 g/mol. The number of carbonyl (C=O) groups excluding carboxylic acids is 1. The van der Waals surface area contributed by atoms with Crippen LogP contribution in [-0.2, 0) is 4.79 Å². The van der Waals surface area contributed by atoms with Crippen LogP contribution in [0.3, 0.4) is 0 Å². The number of carbonyl (C=O) groups is 1. The highest BCUT2D eigenvalue weighted by Gasteiger charge is 2.43. The smallest absolute Gasteiger partial charge is 0.229 e. The molecule has 1 amide bonds. The van der Waals surface area contributed by atoms with Gasteiger partial charge in [-0.05, 0) is 30.9 Å². The van der Waals surface area contributed by atoms with Crippen LogP contribution in [0.2, 0.25) is 0 Å². The van der Waals surface area contributed by atoms with Crippen molar-refractivity contribution in [1.29, 1.82) is 0 Å². The Balaban J connectivity index is 1.37. The maximum Gasteiger partial charge on any atom is 0.229 e. The van der Waals surface area contributed by atoms with Gasteiger partial charge >= 0.3 is 0 Å². The molecule has 22 heavy (non-hydrogen) atoms. The summed E-state index contributed by atoms with van der Waals surface area (Å²) in [7, 11) is 0. The molecule has 1 aliphatic carbocycles. The van der Waals surface area contributed by atoms with Crippen LogP contribution in [-0.4, -0.2) is 28.8 Å². The van der Waals surface area contributed by atoms with Crippen molar-refractivity contribution in [3.63, 3.8) is 0 Å². The van der Waals surface area contributed by atoms with Gasteiger partial charge in [0.05, 0.1) is 6.04 Å². The maximum absolute atomic E-state index is 12.3. The lowest BCUT2D eigenvalue weighted by Gasteiger charge is -2.08. The Morgan fingerprint density at radius 1 is 1.27 bits per heavy atom. The topological polar surface area (TPSA) is 59.0 Å². The third-order valence-electron chi connectivity index (χ3n) is 4.62. The predicted octanol–water partition coefficient (Wildman–Crippen LogP) is 2.16. The Bertz CT molecular complexity index is 660. The van der Waals surface area contributed by atoms with E-state index in [0.717, 1.165) is 25.9 Å². The normalized spacial score (nSPS) is 26.8. The van der Waals surface area contributed by atoms with Crippen LogP contribution in [0.5, 0.6) is 0 Å². The summed E-state index contributed by atoms with van der Waals surface area (Å²) in [6.45, 7) is 1.99. The SMILES string of the molecule is O=C(Nc1ccn([C@@H]2CCNC2)n1)[C@H]1C[C@H]1c1ccccc1. The second kappa shape index (κ2) is 5.57. The van der Waals surface area contributed by atoms with Crippen molar-refractivity contribution < 1.29 is 4.79 Å². The Morgan fingerprint density at radius 3 is 2.91 bits per heavy atom. The Morgan fingerprint density at radius 2 is 2.14 bits per heavy atom. The first-order valence-electron chi connectivity index (χ1n) is 7.93. The fraction of sp³-hybridized carbons (Fsp3) is 0.412. The van der Waals surface area contributed by atoms with Crippen LogP contribution < -0.4 is 10.6 Å². The van der Waals surface area contributed by atoms with Crippen molar-refractivity contribution in [3.8, 4) is 0 Å². The quantitative estimate of drug-likeness (QED) is 0.909. The highest BCUT2D eigenvalue weighted by molar-refractivity contribution is 5.94. The number of hydrogen-bond acceptors (Lipinski definition) is 3. The van der Waals surface area contributed by atoms with Gasteiger partial charge in [0, 0.05) is 24.7 Å².